The van der Waals surface area contributed by atoms with E-state index < -0.39 is 12.1 Å². The Kier molecular flexibility index (Phi) is 16.2. The summed E-state index contributed by atoms with van der Waals surface area (Å²) in [5, 5.41) is 17.7. The number of anilines is 1. The van der Waals surface area contributed by atoms with E-state index in [-0.39, 0.29) is 36.5 Å². The van der Waals surface area contributed by atoms with Gasteiger partial charge in [-0.25, -0.2) is 9.97 Å². The van der Waals surface area contributed by atoms with Crippen LogP contribution in [0.1, 0.15) is 38.4 Å². The predicted octanol–water partition coefficient (Wildman–Crippen LogP) is 6.11. The summed E-state index contributed by atoms with van der Waals surface area (Å²) in [6.07, 6.45) is -0.293. The van der Waals surface area contributed by atoms with Gasteiger partial charge in [0, 0.05) is 56.4 Å². The lowest BCUT2D eigenvalue weighted by Crippen LogP contribution is -2.54. The molecule has 6 rings (SSSR count). The van der Waals surface area contributed by atoms with E-state index in [9.17, 15) is 14.7 Å². The number of aliphatic hydroxyl groups excluding tert-OH is 1. The molecule has 0 spiro atoms. The number of nitrogens with zero attached hydrogens (tertiary/aromatic N) is 4. The minimum Gasteiger partial charge on any atom is -0.491 e. The van der Waals surface area contributed by atoms with Crippen LogP contribution in [0.3, 0.4) is 0 Å². The van der Waals surface area contributed by atoms with Gasteiger partial charge in [0.25, 0.3) is 0 Å². The zero-order chi connectivity index (χ0) is 43.4. The number of amides is 2. The number of carbonyl (C=O) groups excluding carboxylic acids is 2. The molecule has 0 unspecified atom stereocenters. The van der Waals surface area contributed by atoms with Crippen LogP contribution in [0, 0.1) is 12.3 Å². The fourth-order valence-corrected chi connectivity index (χ4v) is 7.94. The monoisotopic (exact) mass is 852 g/mol. The molecule has 3 heterocycles. The van der Waals surface area contributed by atoms with Crippen molar-refractivity contribution in [1.29, 1.82) is 0 Å². The third-order valence-corrected chi connectivity index (χ3v) is 11.7. The second-order valence-electron chi connectivity index (χ2n) is 16.6. The third-order valence-electron chi connectivity index (χ3n) is 10.7. The third kappa shape index (κ3) is 13.3. The van der Waals surface area contributed by atoms with Crippen molar-refractivity contribution in [3.8, 4) is 27.4 Å². The van der Waals surface area contributed by atoms with Gasteiger partial charge < -0.3 is 39.6 Å². The molecular formula is C47H60N6O7S. The molecule has 0 saturated carbocycles. The highest BCUT2D eigenvalue weighted by Crippen LogP contribution is 2.29. The van der Waals surface area contributed by atoms with Crippen molar-refractivity contribution in [3.63, 3.8) is 0 Å². The minimum absolute atomic E-state index is 0.117. The van der Waals surface area contributed by atoms with Gasteiger partial charge in [0.2, 0.25) is 11.8 Å². The number of hydrogen-bond acceptors (Lipinski definition) is 12. The molecule has 13 nitrogen and oxygen atoms in total. The summed E-state index contributed by atoms with van der Waals surface area (Å²) in [7, 11) is 4.05. The maximum absolute atomic E-state index is 13.4. The summed E-state index contributed by atoms with van der Waals surface area (Å²) < 4.78 is 22.8. The van der Waals surface area contributed by atoms with Crippen LogP contribution in [-0.2, 0) is 30.3 Å². The molecule has 2 amide bonds. The van der Waals surface area contributed by atoms with Crippen LogP contribution in [0.25, 0.3) is 32.6 Å². The summed E-state index contributed by atoms with van der Waals surface area (Å²) in [5.41, 5.74) is 8.66. The number of β-amino-alcohol motifs (C(OH)–C–C–N with tert-alkyl or cyclic N) is 1. The molecular weight excluding hydrogens is 793 g/mol. The molecule has 0 radical (unpaired) electrons. The number of benzene rings is 3. The average Bonchev–Trinajstić information content (AvgIpc) is 3.85. The molecule has 1 saturated heterocycles. The first-order chi connectivity index (χ1) is 29.3. The predicted molar refractivity (Wildman–Crippen MR) is 241 cm³/mol. The molecule has 1 fully saturated rings. The number of rotatable bonds is 21. The van der Waals surface area contributed by atoms with Gasteiger partial charge in [0.1, 0.15) is 19.0 Å². The number of pyridine rings is 1. The van der Waals surface area contributed by atoms with E-state index in [1.165, 1.54) is 0 Å². The van der Waals surface area contributed by atoms with Gasteiger partial charge in [0.15, 0.2) is 0 Å². The van der Waals surface area contributed by atoms with E-state index >= 15 is 0 Å². The molecule has 3 aromatic carbocycles. The van der Waals surface area contributed by atoms with E-state index in [1.54, 1.807) is 11.3 Å². The van der Waals surface area contributed by atoms with Crippen LogP contribution in [0.4, 0.5) is 5.69 Å². The number of likely N-dealkylation sites (tertiary alicyclic amines) is 1. The molecule has 1 aliphatic heterocycles. The summed E-state index contributed by atoms with van der Waals surface area (Å²) >= 11 is 1.61. The first kappa shape index (κ1) is 45.6. The molecule has 14 heteroatoms. The Morgan fingerprint density at radius 3 is 2.26 bits per heavy atom. The highest BCUT2D eigenvalue weighted by atomic mass is 32.1. The maximum atomic E-state index is 13.4. The Hall–Kier alpha value is -4.96. The van der Waals surface area contributed by atoms with Crippen molar-refractivity contribution >= 4 is 39.7 Å². The normalized spacial score (nSPS) is 16.1. The average molecular weight is 853 g/mol. The van der Waals surface area contributed by atoms with Gasteiger partial charge in [-0.3, -0.25) is 14.5 Å². The number of nitrogens with one attached hydrogen (secondary N) is 2. The molecule has 3 N–H and O–H groups in total. The number of ether oxygens (including phenoxy) is 4. The smallest absolute Gasteiger partial charge is 0.246 e. The van der Waals surface area contributed by atoms with Crippen LogP contribution in [0.5, 0.6) is 5.75 Å². The number of fused-ring (bicyclic) bond motifs is 1. The van der Waals surface area contributed by atoms with Gasteiger partial charge in [-0.15, -0.1) is 11.3 Å². The standard InChI is InChI=1S/C47H60N6O7S/c1-32-45(61-31-49-32)35-9-7-33(8-10-35)27-48-46(56)42-26-38(54)28-53(42)29-43(47(2,3)4)51-44(55)30-59-22-21-57-19-20-58-23-24-60-39-16-18-41-36(25-39)13-17-40(50-41)34-11-14-37(15-12-34)52(5)6/h7-18,25,31,38,42-43,54H,19-24,26-30H2,1-6H3,(H,48,56)(H,51,55)/t38-,42+,43-/m1/s1. The van der Waals surface area contributed by atoms with Crippen molar-refractivity contribution in [2.45, 2.75) is 58.8 Å². The Balaban J connectivity index is 0.833. The fourth-order valence-electron chi connectivity index (χ4n) is 7.13. The summed E-state index contributed by atoms with van der Waals surface area (Å²) in [6.45, 7) is 11.3. The maximum Gasteiger partial charge on any atom is 0.246 e. The van der Waals surface area contributed by atoms with Crippen LogP contribution in [-0.4, -0.2) is 123 Å². The van der Waals surface area contributed by atoms with Crippen molar-refractivity contribution in [2.24, 2.45) is 5.41 Å². The Morgan fingerprint density at radius 1 is 0.902 bits per heavy atom. The fraction of sp³-hybridized carbons (Fsp3) is 0.447. The molecule has 61 heavy (non-hydrogen) atoms. The van der Waals surface area contributed by atoms with Gasteiger partial charge in [-0.2, -0.15) is 0 Å². The molecule has 0 bridgehead atoms. The van der Waals surface area contributed by atoms with Crippen molar-refractivity contribution < 1.29 is 33.6 Å². The van der Waals surface area contributed by atoms with Crippen LogP contribution < -0.4 is 20.3 Å². The zero-order valence-corrected chi connectivity index (χ0v) is 37.0. The lowest BCUT2D eigenvalue weighted by molar-refractivity contribution is -0.128. The first-order valence-corrected chi connectivity index (χ1v) is 21.7. The van der Waals surface area contributed by atoms with Crippen LogP contribution in [0.2, 0.25) is 0 Å². The number of carbonyl (C=O) groups is 2. The second kappa shape index (κ2) is 21.7. The number of hydrogen-bond donors (Lipinski definition) is 3. The Morgan fingerprint density at radius 2 is 1.59 bits per heavy atom. The van der Waals surface area contributed by atoms with Gasteiger partial charge in [-0.05, 0) is 66.3 Å². The summed E-state index contributed by atoms with van der Waals surface area (Å²) in [4.78, 5) is 40.7. The largest absolute Gasteiger partial charge is 0.491 e. The van der Waals surface area contributed by atoms with E-state index in [0.717, 1.165) is 55.3 Å². The van der Waals surface area contributed by atoms with E-state index in [2.05, 4.69) is 50.8 Å². The summed E-state index contributed by atoms with van der Waals surface area (Å²) in [6, 6.07) is 25.6. The number of aromatic nitrogens is 2. The molecule has 1 aliphatic rings. The molecule has 2 aromatic heterocycles. The van der Waals surface area contributed by atoms with Crippen molar-refractivity contribution in [2.75, 3.05) is 78.3 Å². The Labute approximate surface area is 363 Å². The molecule has 326 valence electrons. The zero-order valence-electron chi connectivity index (χ0n) is 36.2. The van der Waals surface area contributed by atoms with Gasteiger partial charge in [0.05, 0.1) is 72.5 Å². The van der Waals surface area contributed by atoms with Crippen LogP contribution >= 0.6 is 11.3 Å². The SMILES string of the molecule is Cc1ncsc1-c1ccc(CNC(=O)[C@@H]2C[C@@H](O)CN2C[C@@H](NC(=O)COCCOCCOCCOc2ccc3nc(-c4ccc(N(C)C)cc4)ccc3c2)C(C)(C)C)cc1. The van der Waals surface area contributed by atoms with E-state index in [1.807, 2.05) is 101 Å². The van der Waals surface area contributed by atoms with Gasteiger partial charge >= 0.3 is 0 Å². The first-order valence-electron chi connectivity index (χ1n) is 20.9. The molecule has 3 atom stereocenters. The van der Waals surface area contributed by atoms with Crippen LogP contribution in [0.15, 0.2) is 84.4 Å². The molecule has 0 aliphatic carbocycles. The molecule has 5 aromatic rings. The highest BCUT2D eigenvalue weighted by Gasteiger charge is 2.39. The lowest BCUT2D eigenvalue weighted by Gasteiger charge is -2.36. The summed E-state index contributed by atoms with van der Waals surface area (Å²) in [5.74, 6) is 0.362. The van der Waals surface area contributed by atoms with Crippen molar-refractivity contribution in [1.82, 2.24) is 25.5 Å². The number of thiazole rings is 1. The topological polar surface area (TPSA) is 148 Å². The quantitative estimate of drug-likeness (QED) is 0.0735. The van der Waals surface area contributed by atoms with Gasteiger partial charge in [-0.1, -0.05) is 63.2 Å². The Bertz CT molecular complexity index is 2170. The highest BCUT2D eigenvalue weighted by molar-refractivity contribution is 7.13. The van der Waals surface area contributed by atoms with Crippen molar-refractivity contribution in [3.05, 3.63) is 95.6 Å². The number of aryl methyl sites for hydroxylation is 1. The van der Waals surface area contributed by atoms with E-state index in [0.29, 0.717) is 59.1 Å². The lowest BCUT2D eigenvalue weighted by atomic mass is 9.86. The van der Waals surface area contributed by atoms with E-state index in [4.69, 9.17) is 23.9 Å². The number of aliphatic hydroxyl groups is 1. The second-order valence-corrected chi connectivity index (χ2v) is 17.5. The minimum atomic E-state index is -0.627.